The molecule has 2 bridgehead atoms. The molecule has 2 saturated carbocycles. The van der Waals surface area contributed by atoms with Crippen molar-refractivity contribution in [3.8, 4) is 11.3 Å². The number of aliphatic hydroxyl groups is 2. The van der Waals surface area contributed by atoms with E-state index in [0.717, 1.165) is 23.1 Å². The third-order valence-corrected chi connectivity index (χ3v) is 5.27. The van der Waals surface area contributed by atoms with Crippen LogP contribution in [0, 0.1) is 17.9 Å². The molecule has 147 valence electrons. The van der Waals surface area contributed by atoms with Crippen molar-refractivity contribution in [1.82, 2.24) is 9.97 Å². The first kappa shape index (κ1) is 21.7. The minimum Gasteiger partial charge on any atom is -0.513 e. The molecule has 4 atom stereocenters. The Morgan fingerprint density at radius 3 is 2.59 bits per heavy atom. The molecule has 0 saturated heterocycles. The van der Waals surface area contributed by atoms with Gasteiger partial charge in [-0.15, -0.1) is 35.9 Å². The molecule has 2 aliphatic rings. The van der Waals surface area contributed by atoms with E-state index >= 15 is 0 Å². The van der Waals surface area contributed by atoms with Crippen LogP contribution in [-0.2, 0) is 20.1 Å². The monoisotopic (exact) mass is 544 g/mol. The van der Waals surface area contributed by atoms with Gasteiger partial charge in [-0.1, -0.05) is 12.5 Å². The normalized spacial score (nSPS) is 24.6. The Morgan fingerprint density at radius 2 is 2.07 bits per heavy atom. The van der Waals surface area contributed by atoms with Gasteiger partial charge in [0.05, 0.1) is 11.9 Å². The van der Waals surface area contributed by atoms with Crippen LogP contribution in [0.5, 0.6) is 0 Å². The first-order valence-electron chi connectivity index (χ1n) is 9.37. The molecule has 0 amide bonds. The van der Waals surface area contributed by atoms with Gasteiger partial charge in [0.1, 0.15) is 6.33 Å². The molecule has 1 aromatic heterocycles. The summed E-state index contributed by atoms with van der Waals surface area (Å²) in [5.41, 5.74) is 3.32. The van der Waals surface area contributed by atoms with E-state index in [1.165, 1.54) is 44.4 Å². The van der Waals surface area contributed by atoms with Gasteiger partial charge in [-0.2, -0.15) is 0 Å². The molecule has 2 aliphatic carbocycles. The Bertz CT molecular complexity index is 745. The molecule has 2 aromatic rings. The number of allylic oxidation sites excluding steroid dienone is 1. The van der Waals surface area contributed by atoms with E-state index in [2.05, 4.69) is 28.2 Å². The van der Waals surface area contributed by atoms with Gasteiger partial charge in [0.25, 0.3) is 0 Å². The van der Waals surface area contributed by atoms with Crippen molar-refractivity contribution in [3.63, 3.8) is 0 Å². The van der Waals surface area contributed by atoms with E-state index in [4.69, 9.17) is 10.2 Å². The van der Waals surface area contributed by atoms with Gasteiger partial charge < -0.3 is 10.2 Å². The van der Waals surface area contributed by atoms with Crippen molar-refractivity contribution in [1.29, 1.82) is 0 Å². The quantitative estimate of drug-likeness (QED) is 0.436. The number of aromatic nitrogens is 2. The van der Waals surface area contributed by atoms with Crippen molar-refractivity contribution >= 4 is 0 Å². The fourth-order valence-electron chi connectivity index (χ4n) is 4.23. The molecule has 5 heteroatoms. The molecule has 0 spiro atoms. The van der Waals surface area contributed by atoms with Crippen LogP contribution < -0.4 is 0 Å². The summed E-state index contributed by atoms with van der Waals surface area (Å²) >= 11 is 0. The summed E-state index contributed by atoms with van der Waals surface area (Å²) in [5.74, 6) is 2.66. The van der Waals surface area contributed by atoms with E-state index in [-0.39, 0.29) is 25.9 Å². The Morgan fingerprint density at radius 1 is 1.26 bits per heavy atom. The fraction of sp³-hybridized carbons (Fsp3) is 0.455. The molecule has 4 unspecified atom stereocenters. The molecule has 2 N–H and O–H groups in total. The second-order valence-electron chi connectivity index (χ2n) is 7.43. The number of hydrogen-bond acceptors (Lipinski definition) is 4. The van der Waals surface area contributed by atoms with Crippen LogP contribution in [0.25, 0.3) is 11.3 Å². The van der Waals surface area contributed by atoms with Crippen LogP contribution in [0.1, 0.15) is 51.1 Å². The van der Waals surface area contributed by atoms with Gasteiger partial charge in [0.2, 0.25) is 0 Å². The minimum atomic E-state index is -0.537. The van der Waals surface area contributed by atoms with E-state index in [9.17, 15) is 0 Å². The molecule has 1 aromatic carbocycles. The van der Waals surface area contributed by atoms with E-state index in [1.807, 2.05) is 18.2 Å². The van der Waals surface area contributed by atoms with Gasteiger partial charge >= 0.3 is 0 Å². The maximum atomic E-state index is 8.49. The van der Waals surface area contributed by atoms with Gasteiger partial charge in [-0.05, 0) is 56.7 Å². The number of nitrogens with zero attached hydrogens (tertiary/aromatic N) is 2. The van der Waals surface area contributed by atoms with E-state index in [0.29, 0.717) is 5.92 Å². The summed E-state index contributed by atoms with van der Waals surface area (Å²) in [6.45, 7) is 3.10. The second-order valence-corrected chi connectivity index (χ2v) is 7.43. The zero-order valence-corrected chi connectivity index (χ0v) is 18.2. The van der Waals surface area contributed by atoms with Gasteiger partial charge in [0.15, 0.2) is 0 Å². The van der Waals surface area contributed by atoms with Crippen LogP contribution in [0.15, 0.2) is 48.5 Å². The summed E-state index contributed by atoms with van der Waals surface area (Å²) < 4.78 is 0. The molecule has 4 nitrogen and oxygen atoms in total. The largest absolute Gasteiger partial charge is 0.513 e. The summed E-state index contributed by atoms with van der Waals surface area (Å²) in [6.07, 6.45) is 8.13. The van der Waals surface area contributed by atoms with Crippen LogP contribution >= 0.6 is 0 Å². The van der Waals surface area contributed by atoms with Crippen LogP contribution in [-0.4, -0.2) is 26.3 Å². The summed E-state index contributed by atoms with van der Waals surface area (Å²) in [7, 11) is 0. The summed E-state index contributed by atoms with van der Waals surface area (Å²) in [5, 5.41) is 16.9. The summed E-state index contributed by atoms with van der Waals surface area (Å²) in [6, 6.07) is 13.4. The molecular formula is C22H27IrN2O2-. The Kier molecular flexibility index (Phi) is 8.15. The SMILES string of the molecule is C/C(O)=C/C(C)O.[Ir].[c-]1ccccc1-c1cc(C2CC3CCC2C3)ncn1. The third kappa shape index (κ3) is 5.97. The standard InChI is InChI=1S/C17H17N2.C5H10O2.Ir/c1-2-4-13(5-3-1)16-10-17(19-11-18-16)15-9-12-6-7-14(15)8-12;1-4(6)3-5(2)7;/h1-4,10-12,14-15H,6-9H2;3-4,6-7H,1-2H3;/q-1;;/b;5-3-;. The Balaban J connectivity index is 0.000000285. The van der Waals surface area contributed by atoms with Crippen molar-refractivity contribution in [3.05, 3.63) is 60.3 Å². The van der Waals surface area contributed by atoms with Crippen molar-refractivity contribution in [2.24, 2.45) is 11.8 Å². The smallest absolute Gasteiger partial charge is 0.105 e. The predicted octanol–water partition coefficient (Wildman–Crippen LogP) is 4.67. The van der Waals surface area contributed by atoms with Crippen LogP contribution in [0.2, 0.25) is 0 Å². The van der Waals surface area contributed by atoms with Gasteiger partial charge in [-0.25, -0.2) is 4.98 Å². The van der Waals surface area contributed by atoms with Gasteiger partial charge in [-0.3, -0.25) is 4.98 Å². The van der Waals surface area contributed by atoms with Crippen molar-refractivity contribution in [2.75, 3.05) is 0 Å². The molecule has 27 heavy (non-hydrogen) atoms. The van der Waals surface area contributed by atoms with Crippen LogP contribution in [0.4, 0.5) is 0 Å². The maximum absolute atomic E-state index is 8.49. The molecule has 2 fully saturated rings. The predicted molar refractivity (Wildman–Crippen MR) is 103 cm³/mol. The van der Waals surface area contributed by atoms with Crippen LogP contribution in [0.3, 0.4) is 0 Å². The topological polar surface area (TPSA) is 66.2 Å². The first-order chi connectivity index (χ1) is 12.5. The number of hydrogen-bond donors (Lipinski definition) is 2. The zero-order valence-electron chi connectivity index (χ0n) is 15.8. The maximum Gasteiger partial charge on any atom is 0.105 e. The minimum absolute atomic E-state index is 0. The summed E-state index contributed by atoms with van der Waals surface area (Å²) in [4.78, 5) is 8.94. The fourth-order valence-corrected chi connectivity index (χ4v) is 4.23. The molecule has 4 rings (SSSR count). The average molecular weight is 544 g/mol. The van der Waals surface area contributed by atoms with Crippen molar-refractivity contribution in [2.45, 2.75) is 51.6 Å². The van der Waals surface area contributed by atoms with Crippen molar-refractivity contribution < 1.29 is 30.3 Å². The number of benzene rings is 1. The van der Waals surface area contributed by atoms with E-state index < -0.39 is 6.10 Å². The number of fused-ring (bicyclic) bond motifs is 2. The average Bonchev–Trinajstić information content (AvgIpc) is 3.25. The first-order valence-corrected chi connectivity index (χ1v) is 9.37. The molecular weight excluding hydrogens is 516 g/mol. The number of aliphatic hydroxyl groups excluding tert-OH is 2. The third-order valence-electron chi connectivity index (χ3n) is 5.27. The second kappa shape index (κ2) is 10.1. The van der Waals surface area contributed by atoms with Gasteiger partial charge in [0, 0.05) is 31.7 Å². The molecule has 0 aliphatic heterocycles. The molecule has 1 heterocycles. The Hall–Kier alpha value is -1.55. The molecule has 1 radical (unpaired) electrons. The Labute approximate surface area is 175 Å². The zero-order chi connectivity index (χ0) is 18.5. The number of rotatable bonds is 3. The van der Waals surface area contributed by atoms with E-state index in [1.54, 1.807) is 13.3 Å².